The number of rotatable bonds is 10. The number of nitrogens with one attached hydrogen (secondary N) is 1. The lowest BCUT2D eigenvalue weighted by Crippen LogP contribution is -2.38. The minimum Gasteiger partial charge on any atom is -0.313 e. The zero-order valence-electron chi connectivity index (χ0n) is 13.2. The molecule has 0 spiro atoms. The second kappa shape index (κ2) is 9.79. The highest BCUT2D eigenvalue weighted by molar-refractivity contribution is 8.00. The van der Waals surface area contributed by atoms with E-state index in [2.05, 4.69) is 26.1 Å². The molecular formula is C16H26N2O2S. The van der Waals surface area contributed by atoms with E-state index in [4.69, 9.17) is 0 Å². The molecule has 4 nitrogen and oxygen atoms in total. The summed E-state index contributed by atoms with van der Waals surface area (Å²) in [6, 6.07) is 7.44. The number of benzene rings is 1. The lowest BCUT2D eigenvalue weighted by atomic mass is 10.1. The van der Waals surface area contributed by atoms with Crippen molar-refractivity contribution in [3.05, 3.63) is 34.4 Å². The Kier molecular flexibility index (Phi) is 8.38. The molecule has 0 radical (unpaired) electrons. The molecule has 5 heteroatoms. The van der Waals surface area contributed by atoms with Gasteiger partial charge in [0.05, 0.1) is 9.82 Å². The highest BCUT2D eigenvalue weighted by Crippen LogP contribution is 2.35. The lowest BCUT2D eigenvalue weighted by Gasteiger charge is -2.26. The molecule has 2 unspecified atom stereocenters. The number of para-hydroxylation sites is 1. The molecule has 1 aromatic rings. The second-order valence-electron chi connectivity index (χ2n) is 5.14. The first-order valence-corrected chi connectivity index (χ1v) is 8.65. The Labute approximate surface area is 131 Å². The van der Waals surface area contributed by atoms with E-state index < -0.39 is 0 Å². The number of hydrogen-bond acceptors (Lipinski definition) is 4. The summed E-state index contributed by atoms with van der Waals surface area (Å²) in [5.74, 6) is 0. The Hall–Kier alpha value is -1.07. The van der Waals surface area contributed by atoms with Crippen LogP contribution in [0.15, 0.2) is 29.2 Å². The maximum absolute atomic E-state index is 11.1. The van der Waals surface area contributed by atoms with Crippen molar-refractivity contribution in [2.75, 3.05) is 6.54 Å². The van der Waals surface area contributed by atoms with Gasteiger partial charge in [-0.25, -0.2) is 0 Å². The molecule has 0 aliphatic carbocycles. The van der Waals surface area contributed by atoms with Gasteiger partial charge in [-0.1, -0.05) is 39.3 Å². The third kappa shape index (κ3) is 5.67. The molecule has 0 saturated carbocycles. The predicted molar refractivity (Wildman–Crippen MR) is 90.0 cm³/mol. The Bertz CT molecular complexity index is 440. The van der Waals surface area contributed by atoms with Crippen LogP contribution in [0.3, 0.4) is 0 Å². The molecule has 0 bridgehead atoms. The Morgan fingerprint density at radius 3 is 2.52 bits per heavy atom. The molecule has 0 amide bonds. The Morgan fingerprint density at radius 1 is 1.24 bits per heavy atom. The van der Waals surface area contributed by atoms with Gasteiger partial charge in [0.25, 0.3) is 5.69 Å². The Morgan fingerprint density at radius 2 is 1.95 bits per heavy atom. The first-order valence-electron chi connectivity index (χ1n) is 7.77. The fraction of sp³-hybridized carbons (Fsp3) is 0.625. The van der Waals surface area contributed by atoms with Crippen molar-refractivity contribution in [2.24, 2.45) is 0 Å². The normalized spacial score (nSPS) is 13.9. The van der Waals surface area contributed by atoms with E-state index in [1.165, 1.54) is 0 Å². The van der Waals surface area contributed by atoms with Gasteiger partial charge in [-0.3, -0.25) is 10.1 Å². The predicted octanol–water partition coefficient (Wildman–Crippen LogP) is 4.63. The van der Waals surface area contributed by atoms with Crippen molar-refractivity contribution in [2.45, 2.75) is 62.6 Å². The summed E-state index contributed by atoms with van der Waals surface area (Å²) in [4.78, 5) is 11.6. The molecule has 0 aromatic heterocycles. The van der Waals surface area contributed by atoms with E-state index in [0.29, 0.717) is 11.3 Å². The Balaban J connectivity index is 2.86. The van der Waals surface area contributed by atoms with Gasteiger partial charge in [0, 0.05) is 17.4 Å². The third-order valence-electron chi connectivity index (χ3n) is 3.45. The molecule has 0 heterocycles. The van der Waals surface area contributed by atoms with Crippen molar-refractivity contribution >= 4 is 17.4 Å². The molecule has 1 N–H and O–H groups in total. The summed E-state index contributed by atoms with van der Waals surface area (Å²) in [6.45, 7) is 7.50. The maximum atomic E-state index is 11.1. The van der Waals surface area contributed by atoms with Crippen LogP contribution < -0.4 is 5.32 Å². The van der Waals surface area contributed by atoms with Crippen molar-refractivity contribution in [3.8, 4) is 0 Å². The summed E-state index contributed by atoms with van der Waals surface area (Å²) in [5, 5.41) is 15.1. The highest BCUT2D eigenvalue weighted by atomic mass is 32.2. The van der Waals surface area contributed by atoms with Gasteiger partial charge < -0.3 is 5.32 Å². The minimum atomic E-state index is -0.288. The molecule has 0 aliphatic heterocycles. The van der Waals surface area contributed by atoms with Gasteiger partial charge in [0.15, 0.2) is 0 Å². The lowest BCUT2D eigenvalue weighted by molar-refractivity contribution is -0.387. The van der Waals surface area contributed by atoms with Crippen LogP contribution in [0.4, 0.5) is 5.69 Å². The van der Waals surface area contributed by atoms with Gasteiger partial charge in [-0.05, 0) is 31.9 Å². The van der Waals surface area contributed by atoms with E-state index in [9.17, 15) is 10.1 Å². The van der Waals surface area contributed by atoms with Gasteiger partial charge in [0.2, 0.25) is 0 Å². The van der Waals surface area contributed by atoms with Crippen LogP contribution in [0, 0.1) is 10.1 Å². The summed E-state index contributed by atoms with van der Waals surface area (Å²) in [7, 11) is 0. The quantitative estimate of drug-likeness (QED) is 0.389. The smallest absolute Gasteiger partial charge is 0.282 e. The SMILES string of the molecule is CCCNC(CCC)C(CC)Sc1ccccc1[N+](=O)[O-]. The molecule has 0 aliphatic rings. The van der Waals surface area contributed by atoms with Gasteiger partial charge in [-0.15, -0.1) is 11.8 Å². The fourth-order valence-electron chi connectivity index (χ4n) is 2.38. The van der Waals surface area contributed by atoms with Crippen molar-refractivity contribution < 1.29 is 4.92 Å². The summed E-state index contributed by atoms with van der Waals surface area (Å²) >= 11 is 1.64. The number of thioether (sulfide) groups is 1. The topological polar surface area (TPSA) is 55.2 Å². The zero-order chi connectivity index (χ0) is 15.7. The largest absolute Gasteiger partial charge is 0.313 e. The molecule has 118 valence electrons. The maximum Gasteiger partial charge on any atom is 0.282 e. The molecule has 0 saturated heterocycles. The monoisotopic (exact) mass is 310 g/mol. The van der Waals surface area contributed by atoms with Crippen LogP contribution in [0.2, 0.25) is 0 Å². The molecule has 1 rings (SSSR count). The molecule has 21 heavy (non-hydrogen) atoms. The van der Waals surface area contributed by atoms with Crippen LogP contribution in [-0.4, -0.2) is 22.8 Å². The third-order valence-corrected chi connectivity index (χ3v) is 5.01. The van der Waals surface area contributed by atoms with E-state index >= 15 is 0 Å². The average Bonchev–Trinajstić information content (AvgIpc) is 2.49. The van der Waals surface area contributed by atoms with Crippen LogP contribution >= 0.6 is 11.8 Å². The minimum absolute atomic E-state index is 0.215. The summed E-state index contributed by atoms with van der Waals surface area (Å²) in [5.41, 5.74) is 0.215. The van der Waals surface area contributed by atoms with E-state index in [1.54, 1.807) is 23.9 Å². The van der Waals surface area contributed by atoms with E-state index in [0.717, 1.165) is 37.1 Å². The molecular weight excluding hydrogens is 284 g/mol. The van der Waals surface area contributed by atoms with Crippen LogP contribution in [0.5, 0.6) is 0 Å². The molecule has 1 aromatic carbocycles. The van der Waals surface area contributed by atoms with Gasteiger partial charge in [0.1, 0.15) is 0 Å². The van der Waals surface area contributed by atoms with Crippen LogP contribution in [-0.2, 0) is 0 Å². The first kappa shape index (κ1) is 18.0. The highest BCUT2D eigenvalue weighted by Gasteiger charge is 2.23. The van der Waals surface area contributed by atoms with E-state index in [1.807, 2.05) is 12.1 Å². The standard InChI is InChI=1S/C16H26N2O2S/c1-4-9-13(17-12-5-2)15(6-3)21-16-11-8-7-10-14(16)18(19)20/h7-8,10-11,13,15,17H,4-6,9,12H2,1-3H3. The summed E-state index contributed by atoms with van der Waals surface area (Å²) in [6.07, 6.45) is 4.33. The van der Waals surface area contributed by atoms with Gasteiger partial charge >= 0.3 is 0 Å². The van der Waals surface area contributed by atoms with Crippen molar-refractivity contribution in [1.29, 1.82) is 0 Å². The van der Waals surface area contributed by atoms with Crippen LogP contribution in [0.1, 0.15) is 46.5 Å². The fourth-order valence-corrected chi connectivity index (χ4v) is 3.69. The zero-order valence-corrected chi connectivity index (χ0v) is 14.0. The number of nitrogens with zero attached hydrogens (tertiary/aromatic N) is 1. The average molecular weight is 310 g/mol. The number of nitro benzene ring substituents is 1. The van der Waals surface area contributed by atoms with Crippen LogP contribution in [0.25, 0.3) is 0 Å². The first-order chi connectivity index (χ1) is 10.1. The van der Waals surface area contributed by atoms with Gasteiger partial charge in [-0.2, -0.15) is 0 Å². The second-order valence-corrected chi connectivity index (χ2v) is 6.42. The number of nitro groups is 1. The number of hydrogen-bond donors (Lipinski definition) is 1. The molecule has 0 fully saturated rings. The van der Waals surface area contributed by atoms with Crippen molar-refractivity contribution in [1.82, 2.24) is 5.32 Å². The molecule has 2 atom stereocenters. The van der Waals surface area contributed by atoms with E-state index in [-0.39, 0.29) is 10.6 Å². The van der Waals surface area contributed by atoms with Crippen molar-refractivity contribution in [3.63, 3.8) is 0 Å². The summed E-state index contributed by atoms with van der Waals surface area (Å²) < 4.78 is 0.